The third-order valence-corrected chi connectivity index (χ3v) is 5.11. The second-order valence-electron chi connectivity index (χ2n) is 6.26. The van der Waals surface area contributed by atoms with Crippen LogP contribution in [0.1, 0.15) is 27.9 Å². The Morgan fingerprint density at radius 2 is 1.78 bits per heavy atom. The fourth-order valence-corrected chi connectivity index (χ4v) is 3.90. The number of aliphatic hydroxyl groups is 1. The number of aryl methyl sites for hydroxylation is 1. The van der Waals surface area contributed by atoms with Crippen LogP contribution in [0.3, 0.4) is 0 Å². The average Bonchev–Trinajstić information content (AvgIpc) is 2.78. The number of anilines is 1. The van der Waals surface area contributed by atoms with Gasteiger partial charge < -0.3 is 10.0 Å². The maximum Gasteiger partial charge on any atom is 0.264 e. The van der Waals surface area contributed by atoms with E-state index in [0.29, 0.717) is 29.7 Å². The van der Waals surface area contributed by atoms with Gasteiger partial charge in [-0.15, -0.1) is 0 Å². The molecule has 116 valence electrons. The molecule has 23 heavy (non-hydrogen) atoms. The van der Waals surface area contributed by atoms with Crippen molar-refractivity contribution in [3.63, 3.8) is 0 Å². The lowest BCUT2D eigenvalue weighted by molar-refractivity contribution is -0.140. The number of carbonyl (C=O) groups excluding carboxylic acids is 2. The third kappa shape index (κ3) is 1.75. The monoisotopic (exact) mass is 307 g/mol. The molecule has 2 atom stereocenters. The highest BCUT2D eigenvalue weighted by atomic mass is 16.3. The van der Waals surface area contributed by atoms with Gasteiger partial charge in [0.25, 0.3) is 5.91 Å². The summed E-state index contributed by atoms with van der Waals surface area (Å²) in [5.41, 5.74) is 1.05. The highest BCUT2D eigenvalue weighted by Gasteiger charge is 2.56. The molecule has 0 saturated carbocycles. The van der Waals surface area contributed by atoms with Crippen molar-refractivity contribution >= 4 is 17.4 Å². The number of amides is 1. The maximum atomic E-state index is 12.9. The van der Waals surface area contributed by atoms with Gasteiger partial charge in [0.1, 0.15) is 0 Å². The molecule has 0 radical (unpaired) electrons. The van der Waals surface area contributed by atoms with E-state index in [2.05, 4.69) is 0 Å². The van der Waals surface area contributed by atoms with Crippen molar-refractivity contribution < 1.29 is 14.7 Å². The van der Waals surface area contributed by atoms with Gasteiger partial charge in [0.05, 0.1) is 11.6 Å². The summed E-state index contributed by atoms with van der Waals surface area (Å²) < 4.78 is 0. The van der Waals surface area contributed by atoms with Gasteiger partial charge >= 0.3 is 0 Å². The number of carbonyl (C=O) groups is 2. The van der Waals surface area contributed by atoms with E-state index in [1.807, 2.05) is 24.3 Å². The van der Waals surface area contributed by atoms with Gasteiger partial charge in [-0.05, 0) is 24.5 Å². The van der Waals surface area contributed by atoms with E-state index in [1.165, 1.54) is 4.90 Å². The summed E-state index contributed by atoms with van der Waals surface area (Å²) in [5, 5.41) is 11.3. The average molecular weight is 307 g/mol. The summed E-state index contributed by atoms with van der Waals surface area (Å²) in [4.78, 5) is 27.2. The summed E-state index contributed by atoms with van der Waals surface area (Å²) in [6, 6.07) is 14.6. The van der Waals surface area contributed by atoms with Gasteiger partial charge in [0.15, 0.2) is 11.4 Å². The van der Waals surface area contributed by atoms with Gasteiger partial charge in [-0.2, -0.15) is 0 Å². The SMILES string of the molecule is CN1C(=O)[C@@](O)([C@H]2CCc3ccccc3C2=O)c2ccccc21. The lowest BCUT2D eigenvalue weighted by atomic mass is 9.71. The molecule has 4 nitrogen and oxygen atoms in total. The van der Waals surface area contributed by atoms with Crippen LogP contribution >= 0.6 is 0 Å². The summed E-state index contributed by atoms with van der Waals surface area (Å²) in [6.45, 7) is 0. The topological polar surface area (TPSA) is 57.6 Å². The smallest absolute Gasteiger partial charge is 0.264 e. The summed E-state index contributed by atoms with van der Waals surface area (Å²) in [5.74, 6) is -1.31. The summed E-state index contributed by atoms with van der Waals surface area (Å²) in [6.07, 6.45) is 1.16. The molecule has 1 aliphatic heterocycles. The van der Waals surface area contributed by atoms with Gasteiger partial charge in [-0.25, -0.2) is 0 Å². The van der Waals surface area contributed by atoms with E-state index < -0.39 is 17.4 Å². The molecular formula is C19H17NO3. The van der Waals surface area contributed by atoms with Gasteiger partial charge in [0, 0.05) is 18.2 Å². The lowest BCUT2D eigenvalue weighted by Crippen LogP contribution is -2.49. The van der Waals surface area contributed by atoms with Crippen molar-refractivity contribution in [2.75, 3.05) is 11.9 Å². The first-order valence-corrected chi connectivity index (χ1v) is 7.77. The molecule has 4 rings (SSSR count). The van der Waals surface area contributed by atoms with Crippen LogP contribution in [-0.4, -0.2) is 23.8 Å². The first-order valence-electron chi connectivity index (χ1n) is 7.77. The number of hydrogen-bond acceptors (Lipinski definition) is 3. The first kappa shape index (κ1) is 14.2. The molecule has 0 unspecified atom stereocenters. The second-order valence-corrected chi connectivity index (χ2v) is 6.26. The molecule has 0 spiro atoms. The van der Waals surface area contributed by atoms with E-state index in [4.69, 9.17) is 0 Å². The predicted molar refractivity (Wildman–Crippen MR) is 86.3 cm³/mol. The van der Waals surface area contributed by atoms with E-state index in [1.54, 1.807) is 31.3 Å². The van der Waals surface area contributed by atoms with Gasteiger partial charge in [-0.1, -0.05) is 42.5 Å². The van der Waals surface area contributed by atoms with Crippen LogP contribution in [0.15, 0.2) is 48.5 Å². The molecule has 1 amide bonds. The summed E-state index contributed by atoms with van der Waals surface area (Å²) >= 11 is 0. The second kappa shape index (κ2) is 4.77. The predicted octanol–water partition coefficient (Wildman–Crippen LogP) is 2.30. The Morgan fingerprint density at radius 1 is 1.09 bits per heavy atom. The minimum atomic E-state index is -1.77. The minimum absolute atomic E-state index is 0.146. The number of Topliss-reactive ketones (excluding diaryl/α,β-unsaturated/α-hetero) is 1. The Kier molecular flexibility index (Phi) is 2.93. The highest BCUT2D eigenvalue weighted by Crippen LogP contribution is 2.47. The highest BCUT2D eigenvalue weighted by molar-refractivity contribution is 6.12. The first-order chi connectivity index (χ1) is 11.0. The Bertz CT molecular complexity index is 829. The van der Waals surface area contributed by atoms with Crippen LogP contribution in [0, 0.1) is 5.92 Å². The molecule has 0 fully saturated rings. The zero-order valence-corrected chi connectivity index (χ0v) is 12.8. The quantitative estimate of drug-likeness (QED) is 0.879. The zero-order chi connectivity index (χ0) is 16.2. The number of para-hydroxylation sites is 1. The molecule has 2 aromatic carbocycles. The number of ketones is 1. The zero-order valence-electron chi connectivity index (χ0n) is 12.8. The fourth-order valence-electron chi connectivity index (χ4n) is 3.90. The van der Waals surface area contributed by atoms with Crippen LogP contribution < -0.4 is 4.90 Å². The molecular weight excluding hydrogens is 290 g/mol. The molecule has 2 aromatic rings. The standard InChI is InChI=1S/C19H17NO3/c1-20-16-9-5-4-8-14(16)19(23,18(20)22)15-11-10-12-6-2-3-7-13(12)17(15)21/h2-9,15,23H,10-11H2,1H3/t15-,19-/m0/s1. The normalized spacial score (nSPS) is 26.2. The number of rotatable bonds is 1. The van der Waals surface area contributed by atoms with Crippen molar-refractivity contribution in [1.82, 2.24) is 0 Å². The number of nitrogens with zero attached hydrogens (tertiary/aromatic N) is 1. The van der Waals surface area contributed by atoms with Crippen LogP contribution in [-0.2, 0) is 16.8 Å². The molecule has 4 heteroatoms. The van der Waals surface area contributed by atoms with Crippen molar-refractivity contribution in [3.8, 4) is 0 Å². The van der Waals surface area contributed by atoms with Gasteiger partial charge in [-0.3, -0.25) is 9.59 Å². The number of hydrogen-bond donors (Lipinski definition) is 1. The van der Waals surface area contributed by atoms with E-state index in [-0.39, 0.29) is 5.78 Å². The molecule has 2 aliphatic rings. The van der Waals surface area contributed by atoms with Crippen LogP contribution in [0.4, 0.5) is 5.69 Å². The van der Waals surface area contributed by atoms with E-state index in [9.17, 15) is 14.7 Å². The van der Waals surface area contributed by atoms with Crippen molar-refractivity contribution in [3.05, 3.63) is 65.2 Å². The Morgan fingerprint density at radius 3 is 2.61 bits per heavy atom. The maximum absolute atomic E-state index is 12.9. The van der Waals surface area contributed by atoms with Crippen LogP contribution in [0.25, 0.3) is 0 Å². The molecule has 0 aromatic heterocycles. The number of fused-ring (bicyclic) bond motifs is 2. The fraction of sp³-hybridized carbons (Fsp3) is 0.263. The number of benzene rings is 2. The van der Waals surface area contributed by atoms with Gasteiger partial charge in [0.2, 0.25) is 0 Å². The Labute approximate surface area is 134 Å². The lowest BCUT2D eigenvalue weighted by Gasteiger charge is -2.34. The minimum Gasteiger partial charge on any atom is -0.375 e. The third-order valence-electron chi connectivity index (χ3n) is 5.11. The number of likely N-dealkylation sites (N-methyl/N-ethyl adjacent to an activating group) is 1. The Hall–Kier alpha value is -2.46. The molecule has 0 bridgehead atoms. The van der Waals surface area contributed by atoms with Crippen LogP contribution in [0.2, 0.25) is 0 Å². The molecule has 1 aliphatic carbocycles. The summed E-state index contributed by atoms with van der Waals surface area (Å²) in [7, 11) is 1.64. The molecule has 1 heterocycles. The van der Waals surface area contributed by atoms with Crippen molar-refractivity contribution in [2.24, 2.45) is 5.92 Å². The largest absolute Gasteiger partial charge is 0.375 e. The van der Waals surface area contributed by atoms with E-state index >= 15 is 0 Å². The molecule has 1 N–H and O–H groups in total. The van der Waals surface area contributed by atoms with E-state index in [0.717, 1.165) is 5.56 Å². The Balaban J connectivity index is 1.85. The van der Waals surface area contributed by atoms with Crippen molar-refractivity contribution in [1.29, 1.82) is 0 Å². The van der Waals surface area contributed by atoms with Crippen molar-refractivity contribution in [2.45, 2.75) is 18.4 Å². The molecule has 0 saturated heterocycles. The van der Waals surface area contributed by atoms with Crippen LogP contribution in [0.5, 0.6) is 0 Å².